The van der Waals surface area contributed by atoms with E-state index in [1.807, 2.05) is 24.4 Å². The Morgan fingerprint density at radius 1 is 1.28 bits per heavy atom. The van der Waals surface area contributed by atoms with E-state index >= 15 is 0 Å². The van der Waals surface area contributed by atoms with Gasteiger partial charge in [-0.3, -0.25) is 14.5 Å². The number of imide groups is 1. The highest BCUT2D eigenvalue weighted by Crippen LogP contribution is 2.36. The van der Waals surface area contributed by atoms with Crippen molar-refractivity contribution in [2.24, 2.45) is 0 Å². The zero-order valence-electron chi connectivity index (χ0n) is 16.1. The maximum atomic E-state index is 13.3. The van der Waals surface area contributed by atoms with E-state index in [0.29, 0.717) is 23.6 Å². The second-order valence-electron chi connectivity index (χ2n) is 7.35. The monoisotopic (exact) mass is 431 g/mol. The molecule has 0 aliphatic carbocycles. The van der Waals surface area contributed by atoms with Crippen LogP contribution in [0.15, 0.2) is 41.8 Å². The number of amides is 4. The van der Waals surface area contributed by atoms with Gasteiger partial charge >= 0.3 is 6.03 Å². The summed E-state index contributed by atoms with van der Waals surface area (Å²) in [6.07, 6.45) is 2.19. The second kappa shape index (κ2) is 7.80. The van der Waals surface area contributed by atoms with Crippen LogP contribution in [-0.4, -0.2) is 40.7 Å². The maximum absolute atomic E-state index is 13.3. The average Bonchev–Trinajstić information content (AvgIpc) is 3.45. The summed E-state index contributed by atoms with van der Waals surface area (Å²) in [7, 11) is 0. The molecule has 0 spiro atoms. The van der Waals surface area contributed by atoms with E-state index < -0.39 is 17.5 Å². The Labute approximate surface area is 178 Å². The number of nitrogens with one attached hydrogen (secondary N) is 1. The molecule has 29 heavy (non-hydrogen) atoms. The first-order valence-electron chi connectivity index (χ1n) is 9.69. The number of halogens is 1. The molecule has 6 nitrogen and oxygen atoms in total. The molecule has 1 aromatic carbocycles. The molecule has 2 unspecified atom stereocenters. The third kappa shape index (κ3) is 3.42. The van der Waals surface area contributed by atoms with Crippen molar-refractivity contribution in [2.75, 3.05) is 13.1 Å². The van der Waals surface area contributed by atoms with Crippen molar-refractivity contribution >= 4 is 40.8 Å². The van der Waals surface area contributed by atoms with Crippen LogP contribution in [-0.2, 0) is 15.1 Å². The minimum absolute atomic E-state index is 0.0236. The van der Waals surface area contributed by atoms with E-state index in [1.54, 1.807) is 40.5 Å². The molecule has 1 aromatic heterocycles. The third-order valence-corrected chi connectivity index (χ3v) is 7.01. The molecule has 2 aliphatic rings. The van der Waals surface area contributed by atoms with Crippen molar-refractivity contribution in [1.82, 2.24) is 15.1 Å². The predicted octanol–water partition coefficient (Wildman–Crippen LogP) is 3.92. The lowest BCUT2D eigenvalue weighted by Gasteiger charge is -2.27. The fraction of sp³-hybridized carbons (Fsp3) is 0.381. The number of carbonyl (C=O) groups is 3. The highest BCUT2D eigenvalue weighted by atomic mass is 35.5. The first-order chi connectivity index (χ1) is 14.0. The lowest BCUT2D eigenvalue weighted by atomic mass is 9.87. The number of hydrogen-bond donors (Lipinski definition) is 1. The number of thiophene rings is 1. The molecule has 4 amide bonds. The van der Waals surface area contributed by atoms with Gasteiger partial charge in [0.05, 0.1) is 6.04 Å². The zero-order valence-corrected chi connectivity index (χ0v) is 17.6. The molecule has 2 aliphatic heterocycles. The number of likely N-dealkylation sites (tertiary alicyclic amines) is 1. The van der Waals surface area contributed by atoms with Gasteiger partial charge in [0.25, 0.3) is 5.91 Å². The van der Waals surface area contributed by atoms with Crippen molar-refractivity contribution in [2.45, 2.75) is 37.8 Å². The van der Waals surface area contributed by atoms with Gasteiger partial charge in [-0.1, -0.05) is 36.7 Å². The fourth-order valence-electron chi connectivity index (χ4n) is 4.21. The molecule has 0 bridgehead atoms. The molecule has 0 saturated carbocycles. The van der Waals surface area contributed by atoms with Gasteiger partial charge in [-0.2, -0.15) is 0 Å². The minimum Gasteiger partial charge on any atom is -0.333 e. The molecular weight excluding hydrogens is 410 g/mol. The standard InChI is InChI=1S/C21H22ClN3O3S/c1-2-21(14-7-9-15(22)10-8-14)19(27)25(20(28)23-21)13-18(26)24-11-3-5-16(24)17-6-4-12-29-17/h4,6-10,12,16H,2-3,5,11,13H2,1H3,(H,23,28). The summed E-state index contributed by atoms with van der Waals surface area (Å²) < 4.78 is 0. The maximum Gasteiger partial charge on any atom is 0.325 e. The van der Waals surface area contributed by atoms with E-state index in [9.17, 15) is 14.4 Å². The molecule has 4 rings (SSSR count). The van der Waals surface area contributed by atoms with Crippen LogP contribution in [0.1, 0.15) is 42.7 Å². The lowest BCUT2D eigenvalue weighted by Crippen LogP contribution is -2.45. The van der Waals surface area contributed by atoms with Crippen LogP contribution in [0.2, 0.25) is 5.02 Å². The van der Waals surface area contributed by atoms with Crippen LogP contribution < -0.4 is 5.32 Å². The lowest BCUT2D eigenvalue weighted by molar-refractivity contribution is -0.139. The van der Waals surface area contributed by atoms with E-state index in [2.05, 4.69) is 5.32 Å². The first-order valence-corrected chi connectivity index (χ1v) is 10.9. The van der Waals surface area contributed by atoms with Gasteiger partial charge in [-0.25, -0.2) is 4.79 Å². The number of carbonyl (C=O) groups excluding carboxylic acids is 3. The number of benzene rings is 1. The second-order valence-corrected chi connectivity index (χ2v) is 8.76. The highest BCUT2D eigenvalue weighted by molar-refractivity contribution is 7.10. The molecule has 2 aromatic rings. The van der Waals surface area contributed by atoms with Crippen molar-refractivity contribution in [3.63, 3.8) is 0 Å². The van der Waals surface area contributed by atoms with Gasteiger partial charge in [-0.15, -0.1) is 11.3 Å². The van der Waals surface area contributed by atoms with Crippen LogP contribution in [0, 0.1) is 0 Å². The van der Waals surface area contributed by atoms with Gasteiger partial charge in [0.2, 0.25) is 5.91 Å². The average molecular weight is 432 g/mol. The van der Waals surface area contributed by atoms with Crippen molar-refractivity contribution in [1.29, 1.82) is 0 Å². The third-order valence-electron chi connectivity index (χ3n) is 5.78. The molecule has 152 valence electrons. The Morgan fingerprint density at radius 3 is 2.69 bits per heavy atom. The number of nitrogens with zero attached hydrogens (tertiary/aromatic N) is 2. The van der Waals surface area contributed by atoms with Crippen molar-refractivity contribution < 1.29 is 14.4 Å². The van der Waals surface area contributed by atoms with Crippen molar-refractivity contribution in [3.8, 4) is 0 Å². The van der Waals surface area contributed by atoms with Crippen LogP contribution in [0.3, 0.4) is 0 Å². The van der Waals surface area contributed by atoms with Crippen molar-refractivity contribution in [3.05, 3.63) is 57.2 Å². The molecule has 1 N–H and O–H groups in total. The molecule has 2 fully saturated rings. The summed E-state index contributed by atoms with van der Waals surface area (Å²) in [5.74, 6) is -0.597. The molecular formula is C21H22ClN3O3S. The molecule has 8 heteroatoms. The van der Waals surface area contributed by atoms with E-state index in [0.717, 1.165) is 22.6 Å². The first kappa shape index (κ1) is 19.9. The normalized spacial score (nSPS) is 24.3. The van der Waals surface area contributed by atoms with Gasteiger partial charge in [0.1, 0.15) is 12.1 Å². The topological polar surface area (TPSA) is 69.7 Å². The van der Waals surface area contributed by atoms with Gasteiger partial charge < -0.3 is 10.2 Å². The SMILES string of the molecule is CCC1(c2ccc(Cl)cc2)NC(=O)N(CC(=O)N2CCCC2c2cccs2)C1=O. The predicted molar refractivity (Wildman–Crippen MR) is 112 cm³/mol. The number of urea groups is 1. The largest absolute Gasteiger partial charge is 0.333 e. The van der Waals surface area contributed by atoms with Crippen LogP contribution in [0.25, 0.3) is 0 Å². The van der Waals surface area contributed by atoms with Gasteiger partial charge in [0.15, 0.2) is 0 Å². The summed E-state index contributed by atoms with van der Waals surface area (Å²) in [6, 6.07) is 10.3. The summed E-state index contributed by atoms with van der Waals surface area (Å²) >= 11 is 7.59. The Hall–Kier alpha value is -2.38. The smallest absolute Gasteiger partial charge is 0.325 e. The minimum atomic E-state index is -1.17. The Balaban J connectivity index is 1.54. The zero-order chi connectivity index (χ0) is 20.6. The van der Waals surface area contributed by atoms with Gasteiger partial charge in [-0.05, 0) is 48.4 Å². The quantitative estimate of drug-likeness (QED) is 0.729. The summed E-state index contributed by atoms with van der Waals surface area (Å²) in [6.45, 7) is 2.23. The van der Waals surface area contributed by atoms with Crippen LogP contribution in [0.4, 0.5) is 4.79 Å². The highest BCUT2D eigenvalue weighted by Gasteiger charge is 2.52. The fourth-order valence-corrected chi connectivity index (χ4v) is 5.21. The molecule has 2 atom stereocenters. The van der Waals surface area contributed by atoms with Crippen LogP contribution >= 0.6 is 22.9 Å². The van der Waals surface area contributed by atoms with Gasteiger partial charge in [0, 0.05) is 16.4 Å². The summed E-state index contributed by atoms with van der Waals surface area (Å²) in [5.41, 5.74) is -0.504. The van der Waals surface area contributed by atoms with Crippen LogP contribution in [0.5, 0.6) is 0 Å². The Morgan fingerprint density at radius 2 is 2.03 bits per heavy atom. The van der Waals surface area contributed by atoms with E-state index in [4.69, 9.17) is 11.6 Å². The molecule has 0 radical (unpaired) electrons. The molecule has 2 saturated heterocycles. The van der Waals surface area contributed by atoms with E-state index in [1.165, 1.54) is 0 Å². The summed E-state index contributed by atoms with van der Waals surface area (Å²) in [5, 5.41) is 5.36. The Bertz CT molecular complexity index is 931. The number of hydrogen-bond acceptors (Lipinski definition) is 4. The summed E-state index contributed by atoms with van der Waals surface area (Å²) in [4.78, 5) is 42.9. The number of rotatable bonds is 5. The Kier molecular flexibility index (Phi) is 5.36. The van der Waals surface area contributed by atoms with E-state index in [-0.39, 0.29) is 18.5 Å². The molecule has 3 heterocycles.